The Morgan fingerprint density at radius 1 is 1.17 bits per heavy atom. The van der Waals surface area contributed by atoms with E-state index in [1.165, 1.54) is 0 Å². The number of carbonyl (C=O) groups excluding carboxylic acids is 1. The molecule has 2 aromatic heterocycles. The number of carbonyl (C=O) groups is 1. The van der Waals surface area contributed by atoms with Crippen LogP contribution in [0.1, 0.15) is 25.8 Å². The summed E-state index contributed by atoms with van der Waals surface area (Å²) in [5.41, 5.74) is 0.609. The van der Waals surface area contributed by atoms with Crippen LogP contribution < -0.4 is 15.4 Å². The zero-order valence-corrected chi connectivity index (χ0v) is 19.0. The van der Waals surface area contributed by atoms with Crippen molar-refractivity contribution in [3.05, 3.63) is 60.4 Å². The highest BCUT2D eigenvalue weighted by Gasteiger charge is 2.35. The molecule has 35 heavy (non-hydrogen) atoms. The number of aromatic amines is 1. The number of benzene rings is 2. The van der Waals surface area contributed by atoms with E-state index in [-0.39, 0.29) is 30.2 Å². The normalized spacial score (nSPS) is 12.4. The van der Waals surface area contributed by atoms with Crippen LogP contribution >= 0.6 is 0 Å². The maximum Gasteiger partial charge on any atom is 0.421 e. The molecular weight excluding hydrogens is 461 g/mol. The van der Waals surface area contributed by atoms with Crippen molar-refractivity contribution >= 4 is 28.3 Å². The molecule has 0 aliphatic rings. The number of rotatable bonds is 8. The van der Waals surface area contributed by atoms with Gasteiger partial charge in [-0.2, -0.15) is 18.3 Å². The van der Waals surface area contributed by atoms with Crippen molar-refractivity contribution in [2.45, 2.75) is 32.5 Å². The number of amides is 1. The standard InChI is InChI=1S/C24H23F3N6O2/c1-3-14(2)30-21(34)13-35-18-6-4-5-15(10-18)22-28-12-19(24(25,26)27)23(32-22)31-17-7-8-20-16(9-17)11-29-33-20/h4-12,14H,3,13H2,1-2H3,(H,29,33)(H,30,34)(H,28,31,32). The first-order chi connectivity index (χ1) is 16.7. The zero-order chi connectivity index (χ0) is 25.0. The first kappa shape index (κ1) is 24.0. The zero-order valence-electron chi connectivity index (χ0n) is 19.0. The van der Waals surface area contributed by atoms with Crippen LogP contribution in [0.5, 0.6) is 5.75 Å². The van der Waals surface area contributed by atoms with Gasteiger partial charge in [0.05, 0.1) is 11.7 Å². The van der Waals surface area contributed by atoms with Crippen LogP contribution in [0.2, 0.25) is 0 Å². The summed E-state index contributed by atoms with van der Waals surface area (Å²) in [6, 6.07) is 11.5. The Balaban J connectivity index is 1.59. The summed E-state index contributed by atoms with van der Waals surface area (Å²) in [6.07, 6.45) is -1.55. The molecule has 1 atom stereocenters. The monoisotopic (exact) mass is 484 g/mol. The summed E-state index contributed by atoms with van der Waals surface area (Å²) < 4.78 is 46.5. The van der Waals surface area contributed by atoms with Gasteiger partial charge in [-0.25, -0.2) is 9.97 Å². The summed E-state index contributed by atoms with van der Waals surface area (Å²) in [4.78, 5) is 20.1. The summed E-state index contributed by atoms with van der Waals surface area (Å²) in [5, 5.41) is 13.0. The van der Waals surface area contributed by atoms with Gasteiger partial charge in [0.25, 0.3) is 5.91 Å². The lowest BCUT2D eigenvalue weighted by Gasteiger charge is -2.15. The van der Waals surface area contributed by atoms with Crippen molar-refractivity contribution in [3.63, 3.8) is 0 Å². The summed E-state index contributed by atoms with van der Waals surface area (Å²) >= 11 is 0. The maximum atomic E-state index is 13.7. The van der Waals surface area contributed by atoms with E-state index in [4.69, 9.17) is 4.74 Å². The van der Waals surface area contributed by atoms with E-state index in [1.807, 2.05) is 13.8 Å². The topological polar surface area (TPSA) is 105 Å². The van der Waals surface area contributed by atoms with Gasteiger partial charge in [-0.05, 0) is 43.7 Å². The van der Waals surface area contributed by atoms with E-state index >= 15 is 0 Å². The van der Waals surface area contributed by atoms with Crippen molar-refractivity contribution in [1.82, 2.24) is 25.5 Å². The number of nitrogens with one attached hydrogen (secondary N) is 3. The molecule has 0 aliphatic carbocycles. The van der Waals surface area contributed by atoms with Crippen molar-refractivity contribution < 1.29 is 22.7 Å². The summed E-state index contributed by atoms with van der Waals surface area (Å²) in [5.74, 6) is -0.217. The van der Waals surface area contributed by atoms with E-state index in [2.05, 4.69) is 30.8 Å². The second-order valence-corrected chi connectivity index (χ2v) is 7.94. The van der Waals surface area contributed by atoms with Crippen LogP contribution in [0.15, 0.2) is 54.9 Å². The van der Waals surface area contributed by atoms with Gasteiger partial charge in [-0.1, -0.05) is 19.1 Å². The molecule has 0 fully saturated rings. The second-order valence-electron chi connectivity index (χ2n) is 7.94. The van der Waals surface area contributed by atoms with Crippen LogP contribution in [-0.2, 0) is 11.0 Å². The molecule has 4 aromatic rings. The van der Waals surface area contributed by atoms with Crippen molar-refractivity contribution in [2.24, 2.45) is 0 Å². The van der Waals surface area contributed by atoms with Crippen molar-refractivity contribution in [3.8, 4) is 17.1 Å². The van der Waals surface area contributed by atoms with Gasteiger partial charge in [-0.15, -0.1) is 0 Å². The fourth-order valence-corrected chi connectivity index (χ4v) is 3.27. The van der Waals surface area contributed by atoms with E-state index in [0.29, 0.717) is 17.0 Å². The lowest BCUT2D eigenvalue weighted by molar-refractivity contribution is -0.137. The molecule has 0 bridgehead atoms. The Morgan fingerprint density at radius 2 is 2.00 bits per heavy atom. The van der Waals surface area contributed by atoms with E-state index < -0.39 is 11.7 Å². The first-order valence-electron chi connectivity index (χ1n) is 10.9. The predicted molar refractivity (Wildman–Crippen MR) is 125 cm³/mol. The molecule has 4 rings (SSSR count). The first-order valence-corrected chi connectivity index (χ1v) is 10.9. The lowest BCUT2D eigenvalue weighted by atomic mass is 10.2. The highest BCUT2D eigenvalue weighted by Crippen LogP contribution is 2.36. The summed E-state index contributed by atoms with van der Waals surface area (Å²) in [7, 11) is 0. The van der Waals surface area contributed by atoms with Crippen LogP contribution in [0.25, 0.3) is 22.3 Å². The van der Waals surface area contributed by atoms with Crippen LogP contribution in [-0.4, -0.2) is 38.7 Å². The predicted octanol–water partition coefficient (Wildman–Crippen LogP) is 5.08. The van der Waals surface area contributed by atoms with Gasteiger partial charge in [0.2, 0.25) is 0 Å². The number of anilines is 2. The van der Waals surface area contributed by atoms with Gasteiger partial charge in [0.15, 0.2) is 12.4 Å². The molecule has 1 amide bonds. The number of H-pyrrole nitrogens is 1. The Hall–Kier alpha value is -4.15. The van der Waals surface area contributed by atoms with E-state index in [0.717, 1.165) is 23.5 Å². The average Bonchev–Trinajstić information content (AvgIpc) is 3.30. The largest absolute Gasteiger partial charge is 0.484 e. The molecule has 0 spiro atoms. The highest BCUT2D eigenvalue weighted by atomic mass is 19.4. The SMILES string of the molecule is CCC(C)NC(=O)COc1cccc(-c2ncc(C(F)(F)F)c(Nc3ccc4[nH]ncc4c3)n2)c1. The molecule has 0 saturated heterocycles. The number of fused-ring (bicyclic) bond motifs is 1. The lowest BCUT2D eigenvalue weighted by Crippen LogP contribution is -2.35. The van der Waals surface area contributed by atoms with Gasteiger partial charge < -0.3 is 15.4 Å². The second kappa shape index (κ2) is 10.00. The number of halogens is 3. The minimum atomic E-state index is -4.66. The summed E-state index contributed by atoms with van der Waals surface area (Å²) in [6.45, 7) is 3.66. The highest BCUT2D eigenvalue weighted by molar-refractivity contribution is 5.83. The Kier molecular flexibility index (Phi) is 6.85. The van der Waals surface area contributed by atoms with Gasteiger partial charge >= 0.3 is 6.18 Å². The number of alkyl halides is 3. The quantitative estimate of drug-likeness (QED) is 0.322. The molecule has 182 valence electrons. The Morgan fingerprint density at radius 3 is 2.77 bits per heavy atom. The molecule has 0 radical (unpaired) electrons. The Labute approximate surface area is 198 Å². The molecule has 1 unspecified atom stereocenters. The number of hydrogen-bond acceptors (Lipinski definition) is 6. The van der Waals surface area contributed by atoms with E-state index in [1.54, 1.807) is 48.7 Å². The van der Waals surface area contributed by atoms with Crippen LogP contribution in [0.4, 0.5) is 24.7 Å². The third kappa shape index (κ3) is 5.86. The molecule has 0 aliphatic heterocycles. The molecule has 11 heteroatoms. The minimum absolute atomic E-state index is 0.0260. The third-order valence-corrected chi connectivity index (χ3v) is 5.28. The number of nitrogens with zero attached hydrogens (tertiary/aromatic N) is 3. The van der Waals surface area contributed by atoms with Crippen molar-refractivity contribution in [1.29, 1.82) is 0 Å². The fourth-order valence-electron chi connectivity index (χ4n) is 3.27. The van der Waals surface area contributed by atoms with Crippen LogP contribution in [0, 0.1) is 0 Å². The minimum Gasteiger partial charge on any atom is -0.484 e. The number of hydrogen-bond donors (Lipinski definition) is 3. The van der Waals surface area contributed by atoms with E-state index in [9.17, 15) is 18.0 Å². The van der Waals surface area contributed by atoms with Gasteiger partial charge in [-0.3, -0.25) is 9.89 Å². The Bertz CT molecular complexity index is 1340. The molecule has 2 heterocycles. The molecule has 2 aromatic carbocycles. The fraction of sp³-hybridized carbons (Fsp3) is 0.250. The van der Waals surface area contributed by atoms with Gasteiger partial charge in [0, 0.05) is 28.9 Å². The van der Waals surface area contributed by atoms with Gasteiger partial charge in [0.1, 0.15) is 17.1 Å². The van der Waals surface area contributed by atoms with Crippen molar-refractivity contribution in [2.75, 3.05) is 11.9 Å². The number of ether oxygens (including phenoxy) is 1. The molecular formula is C24H23F3N6O2. The number of aromatic nitrogens is 4. The molecule has 0 saturated carbocycles. The maximum absolute atomic E-state index is 13.7. The van der Waals surface area contributed by atoms with Crippen LogP contribution in [0.3, 0.4) is 0 Å². The molecule has 8 nitrogen and oxygen atoms in total. The average molecular weight is 484 g/mol. The third-order valence-electron chi connectivity index (χ3n) is 5.28. The smallest absolute Gasteiger partial charge is 0.421 e. The molecule has 3 N–H and O–H groups in total.